The molecule has 2 atom stereocenters. The zero-order valence-electron chi connectivity index (χ0n) is 11.0. The highest BCUT2D eigenvalue weighted by Gasteiger charge is 2.32. The molecule has 0 saturated carbocycles. The maximum atomic E-state index is 12.3. The van der Waals surface area contributed by atoms with Crippen molar-refractivity contribution in [3.63, 3.8) is 0 Å². The van der Waals surface area contributed by atoms with E-state index in [1.54, 1.807) is 10.6 Å². The Hall–Kier alpha value is -1.59. The second kappa shape index (κ2) is 5.07. The molecule has 1 heterocycles. The van der Waals surface area contributed by atoms with Crippen molar-refractivity contribution >= 4 is 21.8 Å². The Morgan fingerprint density at radius 1 is 1.45 bits per heavy atom. The van der Waals surface area contributed by atoms with Crippen LogP contribution >= 0.6 is 15.9 Å². The van der Waals surface area contributed by atoms with Crippen LogP contribution in [0.2, 0.25) is 0 Å². The molecule has 20 heavy (non-hydrogen) atoms. The van der Waals surface area contributed by atoms with Crippen molar-refractivity contribution in [1.82, 2.24) is 9.88 Å². The van der Waals surface area contributed by atoms with E-state index in [1.165, 1.54) is 0 Å². The summed E-state index contributed by atoms with van der Waals surface area (Å²) in [5.41, 5.74) is 2.66. The summed E-state index contributed by atoms with van der Waals surface area (Å²) in [5, 5.41) is 13.1. The van der Waals surface area contributed by atoms with E-state index < -0.39 is 6.10 Å². The first-order valence-electron chi connectivity index (χ1n) is 6.45. The zero-order valence-corrected chi connectivity index (χ0v) is 12.6. The standard InChI is InChI=1S/C15H15BrN2O2/c1-18-8-10(16)7-12(18)15(20)17-14-11-5-3-2-4-9(11)6-13(14)19/h2-5,7-8,13-14,19H,6H2,1H3,(H,17,20)/t13-,14+/m1/s1. The van der Waals surface area contributed by atoms with E-state index >= 15 is 0 Å². The van der Waals surface area contributed by atoms with Gasteiger partial charge in [-0.2, -0.15) is 0 Å². The average molecular weight is 335 g/mol. The van der Waals surface area contributed by atoms with Gasteiger partial charge in [0, 0.05) is 24.1 Å². The second-order valence-corrected chi connectivity index (χ2v) is 5.99. The number of hydrogen-bond donors (Lipinski definition) is 2. The molecule has 0 bridgehead atoms. The van der Waals surface area contributed by atoms with Crippen molar-refractivity contribution in [3.05, 3.63) is 57.8 Å². The summed E-state index contributed by atoms with van der Waals surface area (Å²) in [7, 11) is 1.82. The molecule has 2 aromatic rings. The summed E-state index contributed by atoms with van der Waals surface area (Å²) in [4.78, 5) is 12.3. The van der Waals surface area contributed by atoms with E-state index in [4.69, 9.17) is 0 Å². The van der Waals surface area contributed by atoms with Crippen LogP contribution in [-0.4, -0.2) is 21.7 Å². The van der Waals surface area contributed by atoms with Gasteiger partial charge < -0.3 is 15.0 Å². The number of amides is 1. The van der Waals surface area contributed by atoms with Gasteiger partial charge in [-0.05, 0) is 33.1 Å². The fraction of sp³-hybridized carbons (Fsp3) is 0.267. The van der Waals surface area contributed by atoms with Gasteiger partial charge in [0.05, 0.1) is 12.1 Å². The van der Waals surface area contributed by atoms with Crippen molar-refractivity contribution in [3.8, 4) is 0 Å². The average Bonchev–Trinajstić information content (AvgIpc) is 2.90. The smallest absolute Gasteiger partial charge is 0.268 e. The van der Waals surface area contributed by atoms with Gasteiger partial charge in [-0.1, -0.05) is 24.3 Å². The topological polar surface area (TPSA) is 54.3 Å². The van der Waals surface area contributed by atoms with E-state index in [9.17, 15) is 9.90 Å². The first kappa shape index (κ1) is 13.4. The molecule has 0 aliphatic heterocycles. The molecule has 1 aromatic carbocycles. The van der Waals surface area contributed by atoms with Crippen molar-refractivity contribution in [2.24, 2.45) is 7.05 Å². The van der Waals surface area contributed by atoms with E-state index in [1.807, 2.05) is 37.5 Å². The minimum absolute atomic E-state index is 0.182. The zero-order chi connectivity index (χ0) is 14.3. The Balaban J connectivity index is 1.85. The molecule has 3 rings (SSSR count). The molecular weight excluding hydrogens is 320 g/mol. The predicted molar refractivity (Wildman–Crippen MR) is 79.5 cm³/mol. The van der Waals surface area contributed by atoms with E-state index in [0.717, 1.165) is 15.6 Å². The van der Waals surface area contributed by atoms with E-state index in [0.29, 0.717) is 12.1 Å². The molecule has 1 aliphatic carbocycles. The number of aliphatic hydroxyl groups is 1. The quantitative estimate of drug-likeness (QED) is 0.884. The molecule has 0 spiro atoms. The highest BCUT2D eigenvalue weighted by Crippen LogP contribution is 2.31. The number of halogens is 1. The Morgan fingerprint density at radius 2 is 2.20 bits per heavy atom. The van der Waals surface area contributed by atoms with Crippen LogP contribution in [0.15, 0.2) is 41.0 Å². The Kier molecular flexibility index (Phi) is 3.40. The molecule has 1 aromatic heterocycles. The summed E-state index contributed by atoms with van der Waals surface area (Å²) in [5.74, 6) is -0.182. The SMILES string of the molecule is Cn1cc(Br)cc1C(=O)N[C@H]1c2ccccc2C[C@H]1O. The molecule has 1 amide bonds. The first-order chi connectivity index (χ1) is 9.56. The lowest BCUT2D eigenvalue weighted by molar-refractivity contribution is 0.0850. The van der Waals surface area contributed by atoms with Gasteiger partial charge in [0.15, 0.2) is 0 Å². The third-order valence-electron chi connectivity index (χ3n) is 3.69. The number of aromatic nitrogens is 1. The Bertz CT molecular complexity index is 666. The lowest BCUT2D eigenvalue weighted by atomic mass is 10.1. The van der Waals surface area contributed by atoms with Gasteiger partial charge in [-0.25, -0.2) is 0 Å². The van der Waals surface area contributed by atoms with Gasteiger partial charge in [-0.15, -0.1) is 0 Å². The summed E-state index contributed by atoms with van der Waals surface area (Å²) in [6, 6.07) is 9.25. The largest absolute Gasteiger partial charge is 0.390 e. The Morgan fingerprint density at radius 3 is 2.90 bits per heavy atom. The summed E-state index contributed by atoms with van der Waals surface area (Å²) in [6.07, 6.45) is 1.84. The van der Waals surface area contributed by atoms with Crippen LogP contribution in [0.4, 0.5) is 0 Å². The number of aliphatic hydroxyl groups excluding tert-OH is 1. The summed E-state index contributed by atoms with van der Waals surface area (Å²) < 4.78 is 2.62. The number of nitrogens with one attached hydrogen (secondary N) is 1. The third-order valence-corrected chi connectivity index (χ3v) is 4.13. The van der Waals surface area contributed by atoms with Crippen LogP contribution in [0, 0.1) is 0 Å². The fourth-order valence-corrected chi connectivity index (χ4v) is 3.24. The summed E-state index contributed by atoms with van der Waals surface area (Å²) >= 11 is 3.35. The second-order valence-electron chi connectivity index (χ2n) is 5.08. The molecule has 0 unspecified atom stereocenters. The first-order valence-corrected chi connectivity index (χ1v) is 7.24. The molecule has 2 N–H and O–H groups in total. The van der Waals surface area contributed by atoms with Gasteiger partial charge >= 0.3 is 0 Å². The monoisotopic (exact) mass is 334 g/mol. The normalized spacial score (nSPS) is 20.8. The Labute approximate surface area is 125 Å². The predicted octanol–water partition coefficient (Wildman–Crippen LogP) is 2.18. The number of carbonyl (C=O) groups is 1. The van der Waals surface area contributed by atoms with Gasteiger partial charge in [-0.3, -0.25) is 4.79 Å². The highest BCUT2D eigenvalue weighted by atomic mass is 79.9. The number of nitrogens with zero attached hydrogens (tertiary/aromatic N) is 1. The van der Waals surface area contributed by atoms with Crippen molar-refractivity contribution < 1.29 is 9.90 Å². The van der Waals surface area contributed by atoms with Crippen LogP contribution in [0.25, 0.3) is 0 Å². The van der Waals surface area contributed by atoms with Crippen molar-refractivity contribution in [2.45, 2.75) is 18.6 Å². The molecular formula is C15H15BrN2O2. The van der Waals surface area contributed by atoms with E-state index in [-0.39, 0.29) is 11.9 Å². The maximum Gasteiger partial charge on any atom is 0.268 e. The number of carbonyl (C=O) groups excluding carboxylic acids is 1. The van der Waals surface area contributed by atoms with Crippen LogP contribution in [0.3, 0.4) is 0 Å². The van der Waals surface area contributed by atoms with Gasteiger partial charge in [0.2, 0.25) is 0 Å². The molecule has 5 heteroatoms. The number of fused-ring (bicyclic) bond motifs is 1. The minimum Gasteiger partial charge on any atom is -0.390 e. The number of benzene rings is 1. The van der Waals surface area contributed by atoms with Crippen LogP contribution in [0.5, 0.6) is 0 Å². The van der Waals surface area contributed by atoms with Crippen molar-refractivity contribution in [2.75, 3.05) is 0 Å². The maximum absolute atomic E-state index is 12.3. The van der Waals surface area contributed by atoms with Crippen molar-refractivity contribution in [1.29, 1.82) is 0 Å². The highest BCUT2D eigenvalue weighted by molar-refractivity contribution is 9.10. The molecule has 0 fully saturated rings. The molecule has 0 saturated heterocycles. The lowest BCUT2D eigenvalue weighted by Gasteiger charge is -2.18. The molecule has 104 valence electrons. The van der Waals surface area contributed by atoms with Crippen LogP contribution in [-0.2, 0) is 13.5 Å². The van der Waals surface area contributed by atoms with E-state index in [2.05, 4.69) is 21.2 Å². The van der Waals surface area contributed by atoms with Crippen LogP contribution in [0.1, 0.15) is 27.7 Å². The summed E-state index contributed by atoms with van der Waals surface area (Å²) in [6.45, 7) is 0. The number of aryl methyl sites for hydroxylation is 1. The molecule has 4 nitrogen and oxygen atoms in total. The number of rotatable bonds is 2. The third kappa shape index (κ3) is 2.27. The van der Waals surface area contributed by atoms with Gasteiger partial charge in [0.25, 0.3) is 5.91 Å². The fourth-order valence-electron chi connectivity index (χ4n) is 2.71. The number of hydrogen-bond acceptors (Lipinski definition) is 2. The lowest BCUT2D eigenvalue weighted by Crippen LogP contribution is -2.34. The minimum atomic E-state index is -0.569. The molecule has 1 aliphatic rings. The molecule has 0 radical (unpaired) electrons. The van der Waals surface area contributed by atoms with Gasteiger partial charge in [0.1, 0.15) is 5.69 Å². The van der Waals surface area contributed by atoms with Crippen LogP contribution < -0.4 is 5.32 Å².